The van der Waals surface area contributed by atoms with Crippen LogP contribution in [0.5, 0.6) is 5.75 Å². The highest BCUT2D eigenvalue weighted by Crippen LogP contribution is 2.30. The van der Waals surface area contributed by atoms with Gasteiger partial charge in [-0.2, -0.15) is 0 Å². The molecule has 1 heterocycles. The molecule has 0 saturated heterocycles. The van der Waals surface area contributed by atoms with E-state index in [1.165, 1.54) is 31.2 Å². The van der Waals surface area contributed by atoms with Gasteiger partial charge in [0.15, 0.2) is 0 Å². The van der Waals surface area contributed by atoms with Crippen molar-refractivity contribution in [1.29, 1.82) is 0 Å². The van der Waals surface area contributed by atoms with E-state index in [1.807, 2.05) is 0 Å². The van der Waals surface area contributed by atoms with Gasteiger partial charge in [-0.05, 0) is 49.8 Å². The number of ether oxygens (including phenoxy) is 1. The summed E-state index contributed by atoms with van der Waals surface area (Å²) in [4.78, 5) is 0. The summed E-state index contributed by atoms with van der Waals surface area (Å²) in [5.74, 6) is 1.81. The monoisotopic (exact) mass is 275 g/mol. The normalized spacial score (nSPS) is 18.9. The minimum absolute atomic E-state index is 0.395. The highest BCUT2D eigenvalue weighted by atomic mass is 16.5. The number of hydrogen-bond donors (Lipinski definition) is 1. The lowest BCUT2D eigenvalue weighted by Crippen LogP contribution is -2.34. The van der Waals surface area contributed by atoms with Crippen molar-refractivity contribution in [3.05, 3.63) is 29.8 Å². The van der Waals surface area contributed by atoms with Gasteiger partial charge in [0.25, 0.3) is 0 Å². The van der Waals surface area contributed by atoms with Crippen LogP contribution in [0.4, 0.5) is 0 Å². The van der Waals surface area contributed by atoms with Crippen LogP contribution in [0.2, 0.25) is 0 Å². The molecule has 20 heavy (non-hydrogen) atoms. The number of hydrogen-bond acceptors (Lipinski definition) is 2. The maximum atomic E-state index is 6.01. The number of nitrogens with one attached hydrogen (secondary N) is 1. The average Bonchev–Trinajstić information content (AvgIpc) is 2.84. The molecule has 2 nitrogen and oxygen atoms in total. The Bertz CT molecular complexity index is 377. The molecule has 2 rings (SSSR count). The Morgan fingerprint density at radius 1 is 1.30 bits per heavy atom. The molecule has 0 aromatic heterocycles. The fourth-order valence-corrected chi connectivity index (χ4v) is 2.98. The molecule has 2 unspecified atom stereocenters. The molecule has 112 valence electrons. The van der Waals surface area contributed by atoms with Crippen molar-refractivity contribution < 1.29 is 4.74 Å². The van der Waals surface area contributed by atoms with Crippen LogP contribution in [-0.2, 0) is 6.42 Å². The molecule has 2 heteroatoms. The van der Waals surface area contributed by atoms with Gasteiger partial charge >= 0.3 is 0 Å². The number of fused-ring (bicyclic) bond motifs is 1. The van der Waals surface area contributed by atoms with Gasteiger partial charge in [-0.15, -0.1) is 0 Å². The second-order valence-corrected chi connectivity index (χ2v) is 6.29. The zero-order valence-corrected chi connectivity index (χ0v) is 13.2. The lowest BCUT2D eigenvalue weighted by molar-refractivity contribution is 0.212. The summed E-state index contributed by atoms with van der Waals surface area (Å²) in [6.45, 7) is 7.99. The Morgan fingerprint density at radius 3 is 2.80 bits per heavy atom. The van der Waals surface area contributed by atoms with Crippen LogP contribution in [0, 0.1) is 5.92 Å². The Hall–Kier alpha value is -1.02. The lowest BCUT2D eigenvalue weighted by atomic mass is 9.96. The molecule has 2 atom stereocenters. The van der Waals surface area contributed by atoms with Gasteiger partial charge in [0.1, 0.15) is 11.9 Å². The fourth-order valence-electron chi connectivity index (χ4n) is 2.98. The average molecular weight is 275 g/mol. The van der Waals surface area contributed by atoms with E-state index < -0.39 is 0 Å². The Labute approximate surface area is 123 Å². The number of para-hydroxylation sites is 1. The van der Waals surface area contributed by atoms with Crippen molar-refractivity contribution in [1.82, 2.24) is 5.32 Å². The predicted octanol–water partition coefficient (Wildman–Crippen LogP) is 4.18. The van der Waals surface area contributed by atoms with Crippen molar-refractivity contribution in [2.75, 3.05) is 6.54 Å². The van der Waals surface area contributed by atoms with Crippen LogP contribution in [0.25, 0.3) is 0 Å². The van der Waals surface area contributed by atoms with Gasteiger partial charge in [0.05, 0.1) is 0 Å². The highest BCUT2D eigenvalue weighted by Gasteiger charge is 2.22. The van der Waals surface area contributed by atoms with Crippen LogP contribution in [0.15, 0.2) is 24.3 Å². The smallest absolute Gasteiger partial charge is 0.123 e. The lowest BCUT2D eigenvalue weighted by Gasteiger charge is -2.23. The van der Waals surface area contributed by atoms with E-state index in [-0.39, 0.29) is 0 Å². The minimum atomic E-state index is 0.395. The predicted molar refractivity (Wildman–Crippen MR) is 85.3 cm³/mol. The van der Waals surface area contributed by atoms with Gasteiger partial charge < -0.3 is 10.1 Å². The molecule has 0 radical (unpaired) electrons. The van der Waals surface area contributed by atoms with Crippen LogP contribution < -0.4 is 10.1 Å². The van der Waals surface area contributed by atoms with E-state index in [0.717, 1.165) is 18.7 Å². The van der Waals surface area contributed by atoms with E-state index in [0.29, 0.717) is 18.1 Å². The number of rotatable bonds is 8. The molecule has 0 bridgehead atoms. The van der Waals surface area contributed by atoms with Crippen LogP contribution >= 0.6 is 0 Å². The van der Waals surface area contributed by atoms with E-state index in [2.05, 4.69) is 50.4 Å². The molecule has 1 aliphatic rings. The number of benzene rings is 1. The third kappa shape index (κ3) is 4.24. The molecule has 0 spiro atoms. The van der Waals surface area contributed by atoms with Crippen molar-refractivity contribution >= 4 is 0 Å². The summed E-state index contributed by atoms with van der Waals surface area (Å²) in [6, 6.07) is 9.10. The first kappa shape index (κ1) is 15.4. The molecule has 1 N–H and O–H groups in total. The van der Waals surface area contributed by atoms with Gasteiger partial charge in [0, 0.05) is 12.5 Å². The van der Waals surface area contributed by atoms with E-state index in [1.54, 1.807) is 0 Å². The van der Waals surface area contributed by atoms with E-state index >= 15 is 0 Å². The van der Waals surface area contributed by atoms with Gasteiger partial charge in [-0.3, -0.25) is 0 Å². The Kier molecular flexibility index (Phi) is 5.90. The minimum Gasteiger partial charge on any atom is -0.490 e. The first-order valence-corrected chi connectivity index (χ1v) is 8.18. The van der Waals surface area contributed by atoms with Gasteiger partial charge in [-0.1, -0.05) is 39.0 Å². The summed E-state index contributed by atoms with van der Waals surface area (Å²) in [7, 11) is 0. The molecule has 0 amide bonds. The van der Waals surface area contributed by atoms with E-state index in [9.17, 15) is 0 Å². The van der Waals surface area contributed by atoms with Crippen molar-refractivity contribution in [2.24, 2.45) is 5.92 Å². The summed E-state index contributed by atoms with van der Waals surface area (Å²) in [5, 5.41) is 3.67. The quantitative estimate of drug-likeness (QED) is 0.768. The van der Waals surface area contributed by atoms with Gasteiger partial charge in [0.2, 0.25) is 0 Å². The summed E-state index contributed by atoms with van der Waals surface area (Å²) < 4.78 is 6.01. The molecule has 0 aliphatic carbocycles. The standard InChI is InChI=1S/C18H29NO/c1-4-12-19-17(14(2)3)10-7-9-16-13-15-8-5-6-11-18(15)20-16/h5-6,8,11,14,16-17,19H,4,7,9-10,12-13H2,1-3H3. The molecule has 0 fully saturated rings. The van der Waals surface area contributed by atoms with E-state index in [4.69, 9.17) is 4.74 Å². The molecule has 1 aromatic rings. The molecule has 1 aliphatic heterocycles. The zero-order valence-electron chi connectivity index (χ0n) is 13.2. The maximum Gasteiger partial charge on any atom is 0.123 e. The van der Waals surface area contributed by atoms with Crippen LogP contribution in [-0.4, -0.2) is 18.7 Å². The summed E-state index contributed by atoms with van der Waals surface area (Å²) in [6.07, 6.45) is 6.37. The van der Waals surface area contributed by atoms with Gasteiger partial charge in [-0.25, -0.2) is 0 Å². The Balaban J connectivity index is 1.71. The Morgan fingerprint density at radius 2 is 2.10 bits per heavy atom. The molecular formula is C18H29NO. The first-order valence-electron chi connectivity index (χ1n) is 8.18. The van der Waals surface area contributed by atoms with Crippen LogP contribution in [0.3, 0.4) is 0 Å². The molecular weight excluding hydrogens is 246 g/mol. The maximum absolute atomic E-state index is 6.01. The fraction of sp³-hybridized carbons (Fsp3) is 0.667. The zero-order chi connectivity index (χ0) is 14.4. The second-order valence-electron chi connectivity index (χ2n) is 6.29. The second kappa shape index (κ2) is 7.68. The highest BCUT2D eigenvalue weighted by molar-refractivity contribution is 5.37. The SMILES string of the molecule is CCCNC(CCCC1Cc2ccccc2O1)C(C)C. The van der Waals surface area contributed by atoms with Crippen molar-refractivity contribution in [3.8, 4) is 5.75 Å². The summed E-state index contributed by atoms with van der Waals surface area (Å²) in [5.41, 5.74) is 1.38. The third-order valence-corrected chi connectivity index (χ3v) is 4.22. The molecule has 1 aromatic carbocycles. The largest absolute Gasteiger partial charge is 0.490 e. The van der Waals surface area contributed by atoms with Crippen molar-refractivity contribution in [2.45, 2.75) is 65.0 Å². The topological polar surface area (TPSA) is 21.3 Å². The van der Waals surface area contributed by atoms with Crippen LogP contribution in [0.1, 0.15) is 52.0 Å². The third-order valence-electron chi connectivity index (χ3n) is 4.22. The first-order chi connectivity index (χ1) is 9.70. The molecule has 0 saturated carbocycles. The summed E-state index contributed by atoms with van der Waals surface area (Å²) >= 11 is 0. The van der Waals surface area contributed by atoms with Crippen molar-refractivity contribution in [3.63, 3.8) is 0 Å².